The molecule has 0 heterocycles. The molecular weight excluding hydrogens is 268 g/mol. The van der Waals surface area contributed by atoms with E-state index < -0.39 is 11.9 Å². The summed E-state index contributed by atoms with van der Waals surface area (Å²) in [6, 6.07) is 0. The number of hydrogen-bond acceptors (Lipinski definition) is 5. The number of unbranched alkanes of at least 4 members (excludes halogenated alkanes) is 2. The Morgan fingerprint density at radius 3 is 1.90 bits per heavy atom. The predicted octanol–water partition coefficient (Wildman–Crippen LogP) is -0.452. The van der Waals surface area contributed by atoms with Gasteiger partial charge in [0.25, 0.3) is 0 Å². The highest BCUT2D eigenvalue weighted by Gasteiger charge is 2.11. The van der Waals surface area contributed by atoms with E-state index in [0.29, 0.717) is 13.0 Å². The Kier molecular flexibility index (Phi) is 11.5. The topological polar surface area (TPSA) is 150 Å². The van der Waals surface area contributed by atoms with Crippen molar-refractivity contribution in [3.05, 3.63) is 0 Å². The van der Waals surface area contributed by atoms with E-state index in [9.17, 15) is 4.79 Å². The lowest BCUT2D eigenvalue weighted by Gasteiger charge is -2.18. The maximum atomic E-state index is 11.2. The van der Waals surface area contributed by atoms with Crippen molar-refractivity contribution in [1.29, 1.82) is 0 Å². The summed E-state index contributed by atoms with van der Waals surface area (Å²) in [4.78, 5) is 29.4. The van der Waals surface area contributed by atoms with Crippen LogP contribution in [0.1, 0.15) is 39.5 Å². The maximum absolute atomic E-state index is 11.2. The van der Waals surface area contributed by atoms with E-state index in [1.807, 2.05) is 13.8 Å². The minimum Gasteiger partial charge on any atom is -0.473 e. The molecule has 0 saturated carbocycles. The van der Waals surface area contributed by atoms with Crippen LogP contribution in [0, 0.1) is 0 Å². The monoisotopic (exact) mass is 292 g/mol. The second-order valence-electron chi connectivity index (χ2n) is 4.91. The van der Waals surface area contributed by atoms with Gasteiger partial charge in [-0.25, -0.2) is 9.59 Å². The van der Waals surface area contributed by atoms with Crippen LogP contribution in [0.3, 0.4) is 0 Å². The van der Waals surface area contributed by atoms with E-state index in [1.165, 1.54) is 0 Å². The molecule has 0 saturated heterocycles. The van der Waals surface area contributed by atoms with Crippen molar-refractivity contribution < 1.29 is 29.7 Å². The number of hydrogen-bond donors (Lipinski definition) is 5. The number of carboxylic acid groups (broad SMARTS) is 2. The van der Waals surface area contributed by atoms with E-state index in [4.69, 9.17) is 30.6 Å². The molecule has 0 rings (SSSR count). The Bertz CT molecular complexity index is 300. The third kappa shape index (κ3) is 18.7. The van der Waals surface area contributed by atoms with Gasteiger partial charge >= 0.3 is 11.9 Å². The summed E-state index contributed by atoms with van der Waals surface area (Å²) in [7, 11) is 0. The number of aliphatic hydroxyl groups excluding tert-OH is 1. The normalized spacial score (nSPS) is 10.2. The number of nitrogens with one attached hydrogen (secondary N) is 1. The van der Waals surface area contributed by atoms with Crippen LogP contribution in [0.4, 0.5) is 0 Å². The van der Waals surface area contributed by atoms with Gasteiger partial charge in [-0.05, 0) is 26.7 Å². The number of carbonyl (C=O) groups is 3. The Labute approximate surface area is 118 Å². The molecule has 0 bridgehead atoms. The van der Waals surface area contributed by atoms with Crippen LogP contribution in [0.5, 0.6) is 0 Å². The first-order valence-electron chi connectivity index (χ1n) is 6.23. The van der Waals surface area contributed by atoms with Crippen LogP contribution in [0.2, 0.25) is 0 Å². The second kappa shape index (κ2) is 11.2. The molecule has 8 heteroatoms. The van der Waals surface area contributed by atoms with Crippen molar-refractivity contribution >= 4 is 17.8 Å². The molecule has 6 N–H and O–H groups in total. The highest BCUT2D eigenvalue weighted by atomic mass is 16.4. The van der Waals surface area contributed by atoms with E-state index in [0.717, 1.165) is 19.3 Å². The molecule has 0 aromatic carbocycles. The molecule has 0 aromatic rings. The van der Waals surface area contributed by atoms with E-state index in [2.05, 4.69) is 5.32 Å². The van der Waals surface area contributed by atoms with Gasteiger partial charge in [0.15, 0.2) is 0 Å². The van der Waals surface area contributed by atoms with Crippen molar-refractivity contribution in [3.63, 3.8) is 0 Å². The van der Waals surface area contributed by atoms with Crippen LogP contribution in [-0.2, 0) is 14.4 Å². The summed E-state index contributed by atoms with van der Waals surface area (Å²) in [5.41, 5.74) is 5.37. The molecule has 1 amide bonds. The van der Waals surface area contributed by atoms with Crippen LogP contribution in [-0.4, -0.2) is 51.9 Å². The van der Waals surface area contributed by atoms with Crippen molar-refractivity contribution in [2.75, 3.05) is 13.2 Å². The molecule has 0 aromatic heterocycles. The molecule has 0 atom stereocenters. The average molecular weight is 292 g/mol. The van der Waals surface area contributed by atoms with Crippen LogP contribution < -0.4 is 11.1 Å². The maximum Gasteiger partial charge on any atom is 0.414 e. The fraction of sp³-hybridized carbons (Fsp3) is 0.750. The van der Waals surface area contributed by atoms with Gasteiger partial charge in [0.2, 0.25) is 5.91 Å². The molecule has 0 aliphatic heterocycles. The van der Waals surface area contributed by atoms with Crippen molar-refractivity contribution in [2.24, 2.45) is 5.73 Å². The van der Waals surface area contributed by atoms with Gasteiger partial charge in [0.1, 0.15) is 0 Å². The third-order valence-electron chi connectivity index (χ3n) is 1.99. The lowest BCUT2D eigenvalue weighted by atomic mass is 10.1. The summed E-state index contributed by atoms with van der Waals surface area (Å²) in [5.74, 6) is -3.61. The number of nitrogens with two attached hydrogens (primary N) is 1. The van der Waals surface area contributed by atoms with Crippen molar-refractivity contribution in [2.45, 2.75) is 45.1 Å². The standard InChI is InChI=1S/C10H22N2O2.C2H2O4/c1-10(2,11)8-12-9(14)6-4-3-5-7-13;3-1(4)2(5)6/h13H,3-8,11H2,1-2H3,(H,12,14);(H,3,4)(H,5,6). The second-order valence-corrected chi connectivity index (χ2v) is 4.91. The summed E-state index contributed by atoms with van der Waals surface area (Å²) in [5, 5.41) is 26.1. The SMILES string of the molecule is CC(C)(N)CNC(=O)CCCCCO.O=C(O)C(=O)O. The van der Waals surface area contributed by atoms with Crippen LogP contribution in [0.15, 0.2) is 0 Å². The van der Waals surface area contributed by atoms with Gasteiger partial charge in [-0.3, -0.25) is 4.79 Å². The van der Waals surface area contributed by atoms with Gasteiger partial charge in [-0.1, -0.05) is 6.42 Å². The smallest absolute Gasteiger partial charge is 0.414 e. The van der Waals surface area contributed by atoms with E-state index in [1.54, 1.807) is 0 Å². The predicted molar refractivity (Wildman–Crippen MR) is 72.1 cm³/mol. The Morgan fingerprint density at radius 2 is 1.55 bits per heavy atom. The summed E-state index contributed by atoms with van der Waals surface area (Å²) < 4.78 is 0. The molecule has 20 heavy (non-hydrogen) atoms. The van der Waals surface area contributed by atoms with Gasteiger partial charge in [-0.2, -0.15) is 0 Å². The van der Waals surface area contributed by atoms with Crippen molar-refractivity contribution in [3.8, 4) is 0 Å². The molecule has 0 unspecified atom stereocenters. The molecule has 0 fully saturated rings. The number of carboxylic acids is 2. The molecule has 0 spiro atoms. The fourth-order valence-electron chi connectivity index (χ4n) is 0.989. The van der Waals surface area contributed by atoms with E-state index in [-0.39, 0.29) is 18.1 Å². The highest BCUT2D eigenvalue weighted by molar-refractivity contribution is 6.27. The molecule has 0 radical (unpaired) electrons. The molecule has 0 aliphatic rings. The van der Waals surface area contributed by atoms with Crippen LogP contribution >= 0.6 is 0 Å². The quantitative estimate of drug-likeness (QED) is 0.315. The molecule has 118 valence electrons. The Balaban J connectivity index is 0. The number of amides is 1. The largest absolute Gasteiger partial charge is 0.473 e. The highest BCUT2D eigenvalue weighted by Crippen LogP contribution is 1.99. The van der Waals surface area contributed by atoms with Gasteiger partial charge in [0, 0.05) is 25.1 Å². The Hall–Kier alpha value is -1.67. The molecule has 0 aliphatic carbocycles. The Morgan fingerprint density at radius 1 is 1.05 bits per heavy atom. The lowest BCUT2D eigenvalue weighted by Crippen LogP contribution is -2.45. The first-order chi connectivity index (χ1) is 9.10. The first kappa shape index (κ1) is 20.6. The van der Waals surface area contributed by atoms with Gasteiger partial charge in [-0.15, -0.1) is 0 Å². The number of aliphatic carboxylic acids is 2. The summed E-state index contributed by atoms with van der Waals surface area (Å²) in [6.07, 6.45) is 3.03. The number of aliphatic hydroxyl groups is 1. The van der Waals surface area contributed by atoms with Gasteiger partial charge in [0.05, 0.1) is 0 Å². The minimum atomic E-state index is -1.82. The number of rotatable bonds is 7. The van der Waals surface area contributed by atoms with E-state index >= 15 is 0 Å². The van der Waals surface area contributed by atoms with Crippen LogP contribution in [0.25, 0.3) is 0 Å². The number of carbonyl (C=O) groups excluding carboxylic acids is 1. The molecular formula is C12H24N2O6. The fourth-order valence-corrected chi connectivity index (χ4v) is 0.989. The minimum absolute atomic E-state index is 0.0430. The summed E-state index contributed by atoms with van der Waals surface area (Å²) in [6.45, 7) is 4.46. The zero-order valence-corrected chi connectivity index (χ0v) is 11.9. The third-order valence-corrected chi connectivity index (χ3v) is 1.99. The lowest BCUT2D eigenvalue weighted by molar-refractivity contribution is -0.159. The molecule has 8 nitrogen and oxygen atoms in total. The first-order valence-corrected chi connectivity index (χ1v) is 6.23. The average Bonchev–Trinajstić information content (AvgIpc) is 2.32. The zero-order chi connectivity index (χ0) is 16.2. The van der Waals surface area contributed by atoms with Crippen molar-refractivity contribution in [1.82, 2.24) is 5.32 Å². The zero-order valence-electron chi connectivity index (χ0n) is 11.9. The van der Waals surface area contributed by atoms with Gasteiger partial charge < -0.3 is 26.4 Å². The summed E-state index contributed by atoms with van der Waals surface area (Å²) >= 11 is 0.